The molecule has 0 radical (unpaired) electrons. The fourth-order valence-electron chi connectivity index (χ4n) is 2.18. The van der Waals surface area contributed by atoms with Gasteiger partial charge in [-0.25, -0.2) is 5.43 Å². The summed E-state index contributed by atoms with van der Waals surface area (Å²) in [6.07, 6.45) is 1.49. The number of hydrogen-bond donors (Lipinski definition) is 2. The Balaban J connectivity index is 1.96. The van der Waals surface area contributed by atoms with E-state index in [0.29, 0.717) is 27.8 Å². The SMILES string of the molecule is COc1cc(/C=N\NC(=O)CNc2cccc(Cl)c2)cc(OC)c1OC. The van der Waals surface area contributed by atoms with Crippen LogP contribution in [0.5, 0.6) is 17.2 Å². The zero-order valence-electron chi connectivity index (χ0n) is 14.7. The van der Waals surface area contributed by atoms with E-state index in [1.54, 1.807) is 30.3 Å². The number of nitrogens with zero attached hydrogens (tertiary/aromatic N) is 1. The molecule has 2 aromatic rings. The minimum Gasteiger partial charge on any atom is -0.493 e. The van der Waals surface area contributed by atoms with Crippen molar-refractivity contribution in [1.29, 1.82) is 0 Å². The van der Waals surface area contributed by atoms with Gasteiger partial charge >= 0.3 is 0 Å². The topological polar surface area (TPSA) is 81.2 Å². The average Bonchev–Trinajstić information content (AvgIpc) is 2.65. The van der Waals surface area contributed by atoms with Crippen LogP contribution in [0.3, 0.4) is 0 Å². The molecule has 2 N–H and O–H groups in total. The third-order valence-corrected chi connectivity index (χ3v) is 3.60. The maximum Gasteiger partial charge on any atom is 0.259 e. The van der Waals surface area contributed by atoms with Crippen LogP contribution in [0, 0.1) is 0 Å². The zero-order chi connectivity index (χ0) is 18.9. The lowest BCUT2D eigenvalue weighted by Gasteiger charge is -2.12. The van der Waals surface area contributed by atoms with Crippen LogP contribution in [0.25, 0.3) is 0 Å². The molecule has 0 bridgehead atoms. The predicted octanol–water partition coefficient (Wildman–Crippen LogP) is 2.93. The maximum atomic E-state index is 11.8. The number of nitrogens with one attached hydrogen (secondary N) is 2. The number of ether oxygens (including phenoxy) is 3. The molecule has 0 heterocycles. The van der Waals surface area contributed by atoms with E-state index in [1.165, 1.54) is 27.5 Å². The van der Waals surface area contributed by atoms with E-state index < -0.39 is 0 Å². The lowest BCUT2D eigenvalue weighted by Crippen LogP contribution is -2.25. The monoisotopic (exact) mass is 377 g/mol. The minimum absolute atomic E-state index is 0.0624. The Morgan fingerprint density at radius 2 is 1.81 bits per heavy atom. The first-order valence-corrected chi connectivity index (χ1v) is 8.06. The molecule has 1 amide bonds. The first-order valence-electron chi connectivity index (χ1n) is 7.68. The number of carbonyl (C=O) groups is 1. The van der Waals surface area contributed by atoms with Gasteiger partial charge < -0.3 is 19.5 Å². The number of hydrazone groups is 1. The number of methoxy groups -OCH3 is 3. The molecule has 0 saturated heterocycles. The van der Waals surface area contributed by atoms with Crippen molar-refractivity contribution in [2.24, 2.45) is 5.10 Å². The Morgan fingerprint density at radius 1 is 1.12 bits per heavy atom. The number of hydrogen-bond acceptors (Lipinski definition) is 6. The molecule has 7 nitrogen and oxygen atoms in total. The molecule has 0 unspecified atom stereocenters. The molecule has 0 saturated carbocycles. The van der Waals surface area contributed by atoms with Gasteiger partial charge in [0.2, 0.25) is 5.75 Å². The van der Waals surface area contributed by atoms with E-state index in [1.807, 2.05) is 6.07 Å². The van der Waals surface area contributed by atoms with Crippen molar-refractivity contribution in [2.75, 3.05) is 33.2 Å². The van der Waals surface area contributed by atoms with Gasteiger partial charge in [-0.05, 0) is 30.3 Å². The number of rotatable bonds is 8. The third-order valence-electron chi connectivity index (χ3n) is 3.37. The predicted molar refractivity (Wildman–Crippen MR) is 102 cm³/mol. The fraction of sp³-hybridized carbons (Fsp3) is 0.222. The Hall–Kier alpha value is -2.93. The summed E-state index contributed by atoms with van der Waals surface area (Å²) >= 11 is 5.89. The summed E-state index contributed by atoms with van der Waals surface area (Å²) < 4.78 is 15.8. The van der Waals surface area contributed by atoms with Crippen LogP contribution < -0.4 is 25.0 Å². The van der Waals surface area contributed by atoms with Gasteiger partial charge in [0.05, 0.1) is 34.1 Å². The van der Waals surface area contributed by atoms with Crippen molar-refractivity contribution >= 4 is 29.4 Å². The van der Waals surface area contributed by atoms with E-state index in [2.05, 4.69) is 15.8 Å². The number of carbonyl (C=O) groups excluding carboxylic acids is 1. The quantitative estimate of drug-likeness (QED) is 0.546. The van der Waals surface area contributed by atoms with E-state index in [0.717, 1.165) is 5.69 Å². The Morgan fingerprint density at radius 3 is 2.38 bits per heavy atom. The molecule has 0 fully saturated rings. The molecule has 2 aromatic carbocycles. The van der Waals surface area contributed by atoms with Crippen LogP contribution in [-0.4, -0.2) is 40.0 Å². The molecule has 0 aliphatic carbocycles. The average molecular weight is 378 g/mol. The number of benzene rings is 2. The van der Waals surface area contributed by atoms with Gasteiger partial charge in [0.1, 0.15) is 0 Å². The Bertz CT molecular complexity index is 771. The van der Waals surface area contributed by atoms with Gasteiger partial charge in [-0.15, -0.1) is 0 Å². The molecular formula is C18H20ClN3O4. The highest BCUT2D eigenvalue weighted by Crippen LogP contribution is 2.37. The summed E-state index contributed by atoms with van der Waals surface area (Å²) in [5.74, 6) is 1.19. The summed E-state index contributed by atoms with van der Waals surface area (Å²) in [5, 5.41) is 7.49. The van der Waals surface area contributed by atoms with E-state index in [4.69, 9.17) is 25.8 Å². The van der Waals surface area contributed by atoms with Crippen molar-refractivity contribution in [2.45, 2.75) is 0 Å². The van der Waals surface area contributed by atoms with Crippen LogP contribution in [0.1, 0.15) is 5.56 Å². The van der Waals surface area contributed by atoms with Crippen molar-refractivity contribution in [3.05, 3.63) is 47.0 Å². The second-order valence-electron chi connectivity index (χ2n) is 5.12. The first-order chi connectivity index (χ1) is 12.6. The molecule has 8 heteroatoms. The smallest absolute Gasteiger partial charge is 0.259 e. The van der Waals surface area contributed by atoms with Crippen molar-refractivity contribution in [3.63, 3.8) is 0 Å². The van der Waals surface area contributed by atoms with Gasteiger partial charge in [-0.3, -0.25) is 4.79 Å². The number of amides is 1. The summed E-state index contributed by atoms with van der Waals surface area (Å²) in [7, 11) is 4.59. The van der Waals surface area contributed by atoms with Gasteiger partial charge in [0, 0.05) is 16.3 Å². The normalized spacial score (nSPS) is 10.5. The Kier molecular flexibility index (Phi) is 7.11. The van der Waals surface area contributed by atoms with Gasteiger partial charge in [0.25, 0.3) is 5.91 Å². The van der Waals surface area contributed by atoms with Crippen LogP contribution in [0.2, 0.25) is 5.02 Å². The van der Waals surface area contributed by atoms with Crippen molar-refractivity contribution < 1.29 is 19.0 Å². The molecule has 0 aliphatic rings. The maximum absolute atomic E-state index is 11.8. The first kappa shape index (κ1) is 19.4. The van der Waals surface area contributed by atoms with Crippen molar-refractivity contribution in [3.8, 4) is 17.2 Å². The molecule has 26 heavy (non-hydrogen) atoms. The minimum atomic E-state index is -0.298. The van der Waals surface area contributed by atoms with Gasteiger partial charge in [0.15, 0.2) is 11.5 Å². The lowest BCUT2D eigenvalue weighted by atomic mass is 10.2. The van der Waals surface area contributed by atoms with Crippen LogP contribution in [0.15, 0.2) is 41.5 Å². The van der Waals surface area contributed by atoms with Gasteiger partial charge in [-0.1, -0.05) is 17.7 Å². The standard InChI is InChI=1S/C18H20ClN3O4/c1-24-15-7-12(8-16(25-2)18(15)26-3)10-21-22-17(23)11-20-14-6-4-5-13(19)9-14/h4-10,20H,11H2,1-3H3,(H,22,23)/b21-10-. The van der Waals surface area contributed by atoms with Crippen LogP contribution >= 0.6 is 11.6 Å². The molecule has 0 atom stereocenters. The summed E-state index contributed by atoms with van der Waals surface area (Å²) in [4.78, 5) is 11.8. The highest BCUT2D eigenvalue weighted by Gasteiger charge is 2.12. The fourth-order valence-corrected chi connectivity index (χ4v) is 2.37. The molecule has 0 spiro atoms. The molecular weight excluding hydrogens is 358 g/mol. The largest absolute Gasteiger partial charge is 0.493 e. The molecule has 138 valence electrons. The third kappa shape index (κ3) is 5.29. The summed E-state index contributed by atoms with van der Waals surface area (Å²) in [6, 6.07) is 10.6. The summed E-state index contributed by atoms with van der Waals surface area (Å²) in [6.45, 7) is 0.0624. The van der Waals surface area contributed by atoms with E-state index >= 15 is 0 Å². The van der Waals surface area contributed by atoms with Crippen LogP contribution in [-0.2, 0) is 4.79 Å². The lowest BCUT2D eigenvalue weighted by molar-refractivity contribution is -0.119. The number of halogens is 1. The van der Waals surface area contributed by atoms with E-state index in [-0.39, 0.29) is 12.5 Å². The zero-order valence-corrected chi connectivity index (χ0v) is 15.5. The second kappa shape index (κ2) is 9.53. The molecule has 0 aliphatic heterocycles. The molecule has 2 rings (SSSR count). The highest BCUT2D eigenvalue weighted by molar-refractivity contribution is 6.30. The van der Waals surface area contributed by atoms with Gasteiger partial charge in [-0.2, -0.15) is 5.10 Å². The van der Waals surface area contributed by atoms with Crippen LogP contribution in [0.4, 0.5) is 5.69 Å². The highest BCUT2D eigenvalue weighted by atomic mass is 35.5. The second-order valence-corrected chi connectivity index (χ2v) is 5.55. The van der Waals surface area contributed by atoms with Crippen molar-refractivity contribution in [1.82, 2.24) is 5.43 Å². The van der Waals surface area contributed by atoms with E-state index in [9.17, 15) is 4.79 Å². The molecule has 0 aromatic heterocycles. The number of anilines is 1. The Labute approximate surface area is 156 Å². The summed E-state index contributed by atoms with van der Waals surface area (Å²) in [5.41, 5.74) is 3.88.